The Hall–Kier alpha value is -2.15. The summed E-state index contributed by atoms with van der Waals surface area (Å²) in [6.45, 7) is 5.53. The molecule has 0 aliphatic carbocycles. The van der Waals surface area contributed by atoms with E-state index in [1.165, 1.54) is 6.07 Å². The number of carbonyl (C=O) groups excluding carboxylic acids is 1. The van der Waals surface area contributed by atoms with Crippen molar-refractivity contribution in [3.05, 3.63) is 27.8 Å². The van der Waals surface area contributed by atoms with Gasteiger partial charge in [0.2, 0.25) is 5.91 Å². The Morgan fingerprint density at radius 2 is 1.95 bits per heavy atom. The molecule has 1 saturated heterocycles. The monoisotopic (exact) mass is 290 g/mol. The van der Waals surface area contributed by atoms with Gasteiger partial charge in [-0.2, -0.15) is 0 Å². The van der Waals surface area contributed by atoms with Crippen molar-refractivity contribution in [3.63, 3.8) is 0 Å². The normalized spacial score (nSPS) is 24.7. The van der Waals surface area contributed by atoms with Gasteiger partial charge in [0.15, 0.2) is 0 Å². The zero-order valence-electron chi connectivity index (χ0n) is 12.0. The van der Waals surface area contributed by atoms with E-state index in [0.29, 0.717) is 30.0 Å². The van der Waals surface area contributed by atoms with Crippen LogP contribution in [0.2, 0.25) is 0 Å². The minimum Gasteiger partial charge on any atom is -0.363 e. The first-order chi connectivity index (χ1) is 9.94. The largest absolute Gasteiger partial charge is 0.363 e. The van der Waals surface area contributed by atoms with Crippen LogP contribution >= 0.6 is 0 Å². The van der Waals surface area contributed by atoms with Gasteiger partial charge in [0, 0.05) is 36.9 Å². The summed E-state index contributed by atoms with van der Waals surface area (Å²) in [5.74, 6) is -0.113. The summed E-state index contributed by atoms with van der Waals surface area (Å²) in [5.41, 5.74) is 2.05. The van der Waals surface area contributed by atoms with E-state index < -0.39 is 0 Å². The second-order valence-electron chi connectivity index (χ2n) is 5.85. The number of nitro groups is 1. The van der Waals surface area contributed by atoms with Crippen LogP contribution in [0.15, 0.2) is 12.1 Å². The van der Waals surface area contributed by atoms with E-state index in [9.17, 15) is 14.9 Å². The summed E-state index contributed by atoms with van der Waals surface area (Å²) in [6.07, 6.45) is 0.213. The first-order valence-electron chi connectivity index (χ1n) is 7.06. The van der Waals surface area contributed by atoms with Crippen LogP contribution in [0, 0.1) is 10.1 Å². The summed E-state index contributed by atoms with van der Waals surface area (Å²) in [5, 5.41) is 17.5. The molecular weight excluding hydrogens is 272 g/mol. The van der Waals surface area contributed by atoms with Gasteiger partial charge in [-0.05, 0) is 25.5 Å². The third kappa shape index (κ3) is 2.56. The van der Waals surface area contributed by atoms with Gasteiger partial charge in [-0.1, -0.05) is 0 Å². The molecule has 1 aromatic carbocycles. The minimum atomic E-state index is -0.365. The Morgan fingerprint density at radius 1 is 1.29 bits per heavy atom. The highest BCUT2D eigenvalue weighted by molar-refractivity contribution is 6.00. The van der Waals surface area contributed by atoms with Crippen molar-refractivity contribution >= 4 is 23.0 Å². The van der Waals surface area contributed by atoms with E-state index in [-0.39, 0.29) is 35.0 Å². The Balaban J connectivity index is 2.02. The van der Waals surface area contributed by atoms with E-state index in [0.717, 1.165) is 0 Å². The molecule has 0 saturated carbocycles. The number of piperazine rings is 1. The number of anilines is 2. The standard InChI is InChI=1S/C14H18N4O3/c1-8-6-17(7-9(2)15-8)12-5-11-10(4-14(19)16-11)3-13(12)18(20)21/h3,5,8-9,15H,4,6-7H2,1-2H3,(H,16,19). The third-order valence-corrected chi connectivity index (χ3v) is 3.92. The van der Waals surface area contributed by atoms with Crippen molar-refractivity contribution in [2.24, 2.45) is 0 Å². The first-order valence-corrected chi connectivity index (χ1v) is 7.06. The number of rotatable bonds is 2. The molecule has 0 aromatic heterocycles. The number of fused-ring (bicyclic) bond motifs is 1. The molecule has 2 N–H and O–H groups in total. The Morgan fingerprint density at radius 3 is 2.57 bits per heavy atom. The highest BCUT2D eigenvalue weighted by atomic mass is 16.6. The lowest BCUT2D eigenvalue weighted by atomic mass is 10.1. The van der Waals surface area contributed by atoms with Gasteiger partial charge in [0.25, 0.3) is 5.69 Å². The summed E-state index contributed by atoms with van der Waals surface area (Å²) in [6, 6.07) is 3.79. The number of carbonyl (C=O) groups is 1. The molecule has 1 amide bonds. The highest BCUT2D eigenvalue weighted by Gasteiger charge is 2.30. The molecule has 1 aromatic rings. The van der Waals surface area contributed by atoms with Crippen LogP contribution in [0.1, 0.15) is 19.4 Å². The van der Waals surface area contributed by atoms with Gasteiger partial charge < -0.3 is 15.5 Å². The lowest BCUT2D eigenvalue weighted by Crippen LogP contribution is -2.54. The van der Waals surface area contributed by atoms with Gasteiger partial charge >= 0.3 is 0 Å². The third-order valence-electron chi connectivity index (χ3n) is 3.92. The predicted molar refractivity (Wildman–Crippen MR) is 79.7 cm³/mol. The average Bonchev–Trinajstić information content (AvgIpc) is 2.75. The summed E-state index contributed by atoms with van der Waals surface area (Å²) >= 11 is 0. The first kappa shape index (κ1) is 13.8. The van der Waals surface area contributed by atoms with Crippen molar-refractivity contribution in [2.75, 3.05) is 23.3 Å². The van der Waals surface area contributed by atoms with Crippen molar-refractivity contribution in [2.45, 2.75) is 32.4 Å². The molecule has 2 aliphatic heterocycles. The van der Waals surface area contributed by atoms with Gasteiger partial charge in [-0.15, -0.1) is 0 Å². The fourth-order valence-electron chi connectivity index (χ4n) is 3.17. The van der Waals surface area contributed by atoms with Gasteiger partial charge in [0.1, 0.15) is 5.69 Å². The zero-order valence-corrected chi connectivity index (χ0v) is 12.0. The molecule has 3 rings (SSSR count). The molecular formula is C14H18N4O3. The van der Waals surface area contributed by atoms with Crippen molar-refractivity contribution < 1.29 is 9.72 Å². The number of amides is 1. The summed E-state index contributed by atoms with van der Waals surface area (Å²) < 4.78 is 0. The summed E-state index contributed by atoms with van der Waals surface area (Å²) in [7, 11) is 0. The molecule has 1 fully saturated rings. The van der Waals surface area contributed by atoms with Crippen LogP contribution in [0.5, 0.6) is 0 Å². The number of nitrogens with one attached hydrogen (secondary N) is 2. The molecule has 0 bridgehead atoms. The Kier molecular flexibility index (Phi) is 3.29. The maximum Gasteiger partial charge on any atom is 0.292 e. The molecule has 7 heteroatoms. The topological polar surface area (TPSA) is 87.5 Å². The number of hydrogen-bond donors (Lipinski definition) is 2. The number of nitrogens with zero attached hydrogens (tertiary/aromatic N) is 2. The van der Waals surface area contributed by atoms with Crippen molar-refractivity contribution in [1.29, 1.82) is 0 Å². The van der Waals surface area contributed by atoms with Crippen LogP contribution in [-0.2, 0) is 11.2 Å². The van der Waals surface area contributed by atoms with Crippen LogP contribution in [0.25, 0.3) is 0 Å². The molecule has 112 valence electrons. The second kappa shape index (κ2) is 5.00. The number of nitro benzene ring substituents is 1. The fourth-order valence-corrected chi connectivity index (χ4v) is 3.17. The number of benzene rings is 1. The molecule has 21 heavy (non-hydrogen) atoms. The van der Waals surface area contributed by atoms with Crippen LogP contribution in [0.4, 0.5) is 17.1 Å². The van der Waals surface area contributed by atoms with Crippen LogP contribution in [-0.4, -0.2) is 36.0 Å². The zero-order chi connectivity index (χ0) is 15.1. The highest BCUT2D eigenvalue weighted by Crippen LogP contribution is 2.37. The Labute approximate surface area is 122 Å². The molecule has 7 nitrogen and oxygen atoms in total. The SMILES string of the molecule is CC1CN(c2cc3c(cc2[N+](=O)[O-])CC(=O)N3)CC(C)N1. The molecule has 2 aliphatic rings. The molecule has 2 atom stereocenters. The second-order valence-corrected chi connectivity index (χ2v) is 5.85. The maximum absolute atomic E-state index is 11.5. The lowest BCUT2D eigenvalue weighted by molar-refractivity contribution is -0.384. The smallest absolute Gasteiger partial charge is 0.292 e. The molecule has 0 radical (unpaired) electrons. The average molecular weight is 290 g/mol. The van der Waals surface area contributed by atoms with Gasteiger partial charge in [0.05, 0.1) is 11.3 Å². The Bertz CT molecular complexity index is 606. The van der Waals surface area contributed by atoms with Gasteiger partial charge in [-0.25, -0.2) is 0 Å². The van der Waals surface area contributed by atoms with Crippen LogP contribution in [0.3, 0.4) is 0 Å². The molecule has 2 heterocycles. The number of hydrogen-bond acceptors (Lipinski definition) is 5. The lowest BCUT2D eigenvalue weighted by Gasteiger charge is -2.37. The quantitative estimate of drug-likeness (QED) is 0.633. The maximum atomic E-state index is 11.5. The molecule has 2 unspecified atom stereocenters. The van der Waals surface area contributed by atoms with E-state index in [1.54, 1.807) is 6.07 Å². The van der Waals surface area contributed by atoms with E-state index in [2.05, 4.69) is 24.5 Å². The van der Waals surface area contributed by atoms with Crippen LogP contribution < -0.4 is 15.5 Å². The van der Waals surface area contributed by atoms with E-state index >= 15 is 0 Å². The van der Waals surface area contributed by atoms with Crippen molar-refractivity contribution in [3.8, 4) is 0 Å². The molecule has 0 spiro atoms. The van der Waals surface area contributed by atoms with Gasteiger partial charge in [-0.3, -0.25) is 14.9 Å². The summed E-state index contributed by atoms with van der Waals surface area (Å²) in [4.78, 5) is 24.5. The van der Waals surface area contributed by atoms with E-state index in [1.807, 2.05) is 4.90 Å². The minimum absolute atomic E-state index is 0.0755. The van der Waals surface area contributed by atoms with E-state index in [4.69, 9.17) is 0 Å². The van der Waals surface area contributed by atoms with Crippen molar-refractivity contribution in [1.82, 2.24) is 5.32 Å². The fraction of sp³-hybridized carbons (Fsp3) is 0.500. The predicted octanol–water partition coefficient (Wildman–Crippen LogP) is 1.28.